The number of nitrogens with zero attached hydrogens (tertiary/aromatic N) is 1. The first-order valence-electron chi connectivity index (χ1n) is 7.41. The average Bonchev–Trinajstić information content (AvgIpc) is 2.50. The molecule has 2 aromatic carbocycles. The summed E-state index contributed by atoms with van der Waals surface area (Å²) in [5.74, 6) is 1.61. The molecule has 3 rings (SSSR count). The van der Waals surface area contributed by atoms with Crippen molar-refractivity contribution >= 4 is 0 Å². The van der Waals surface area contributed by atoms with Crippen LogP contribution < -0.4 is 9.47 Å². The zero-order valence-corrected chi connectivity index (χ0v) is 12.4. The van der Waals surface area contributed by atoms with Gasteiger partial charge in [0.15, 0.2) is 11.5 Å². The molecular weight excluding hydrogens is 262 g/mol. The van der Waals surface area contributed by atoms with E-state index in [0.717, 1.165) is 23.6 Å². The zero-order valence-electron chi connectivity index (χ0n) is 12.4. The molecule has 21 heavy (non-hydrogen) atoms. The summed E-state index contributed by atoms with van der Waals surface area (Å²) in [6, 6.07) is 16.4. The molecule has 0 atom stereocenters. The molecule has 3 heteroatoms. The molecule has 0 unspecified atom stereocenters. The van der Waals surface area contributed by atoms with Crippen LogP contribution in [0.3, 0.4) is 0 Å². The number of benzene rings is 2. The molecule has 1 aliphatic rings. The Kier molecular flexibility index (Phi) is 4.41. The second-order valence-corrected chi connectivity index (χ2v) is 5.39. The van der Waals surface area contributed by atoms with Crippen molar-refractivity contribution in [2.75, 3.05) is 20.2 Å². The van der Waals surface area contributed by atoms with Crippen molar-refractivity contribution in [3.05, 3.63) is 59.7 Å². The highest BCUT2D eigenvalue weighted by Gasteiger charge is 2.15. The zero-order chi connectivity index (χ0) is 14.5. The van der Waals surface area contributed by atoms with Gasteiger partial charge in [0.2, 0.25) is 0 Å². The van der Waals surface area contributed by atoms with Gasteiger partial charge in [-0.3, -0.25) is 4.90 Å². The fraction of sp³-hybridized carbons (Fsp3) is 0.333. The van der Waals surface area contributed by atoms with Gasteiger partial charge in [-0.15, -0.1) is 0 Å². The molecular formula is C18H21NO2. The minimum atomic E-state index is 0.558. The second-order valence-electron chi connectivity index (χ2n) is 5.39. The maximum atomic E-state index is 5.88. The van der Waals surface area contributed by atoms with Crippen molar-refractivity contribution in [3.63, 3.8) is 0 Å². The third kappa shape index (κ3) is 3.56. The third-order valence-corrected chi connectivity index (χ3v) is 3.82. The van der Waals surface area contributed by atoms with E-state index >= 15 is 0 Å². The highest BCUT2D eigenvalue weighted by molar-refractivity contribution is 5.43. The van der Waals surface area contributed by atoms with E-state index in [1.165, 1.54) is 25.1 Å². The predicted octanol–water partition coefficient (Wildman–Crippen LogP) is 3.48. The van der Waals surface area contributed by atoms with Crippen molar-refractivity contribution < 1.29 is 9.47 Å². The van der Waals surface area contributed by atoms with Crippen LogP contribution in [0.4, 0.5) is 0 Å². The molecule has 0 bridgehead atoms. The van der Waals surface area contributed by atoms with E-state index in [-0.39, 0.29) is 0 Å². The van der Waals surface area contributed by atoms with E-state index in [0.29, 0.717) is 6.61 Å². The highest BCUT2D eigenvalue weighted by Crippen LogP contribution is 2.29. The largest absolute Gasteiger partial charge is 0.493 e. The molecule has 0 radical (unpaired) electrons. The maximum absolute atomic E-state index is 5.88. The first-order valence-corrected chi connectivity index (χ1v) is 7.41. The van der Waals surface area contributed by atoms with Gasteiger partial charge in [0, 0.05) is 6.54 Å². The Morgan fingerprint density at radius 3 is 2.43 bits per heavy atom. The molecule has 0 amide bonds. The summed E-state index contributed by atoms with van der Waals surface area (Å²) in [5.41, 5.74) is 2.43. The van der Waals surface area contributed by atoms with Crippen LogP contribution in [0.15, 0.2) is 48.5 Å². The number of rotatable bonds is 6. The molecule has 0 spiro atoms. The lowest BCUT2D eigenvalue weighted by molar-refractivity contribution is 0.172. The van der Waals surface area contributed by atoms with Crippen LogP contribution in [-0.4, -0.2) is 25.1 Å². The molecule has 1 aliphatic heterocycles. The summed E-state index contributed by atoms with van der Waals surface area (Å²) in [6.45, 7) is 3.96. The van der Waals surface area contributed by atoms with E-state index in [1.54, 1.807) is 7.11 Å². The van der Waals surface area contributed by atoms with Gasteiger partial charge in [0.05, 0.1) is 7.11 Å². The summed E-state index contributed by atoms with van der Waals surface area (Å²) >= 11 is 0. The Bertz CT molecular complexity index is 579. The number of likely N-dealkylation sites (tertiary alicyclic amines) is 1. The first-order chi connectivity index (χ1) is 10.3. The minimum absolute atomic E-state index is 0.558. The van der Waals surface area contributed by atoms with Crippen molar-refractivity contribution in [3.8, 4) is 11.5 Å². The molecule has 1 saturated heterocycles. The summed E-state index contributed by atoms with van der Waals surface area (Å²) in [6.07, 6.45) is 1.31. The lowest BCUT2D eigenvalue weighted by Gasteiger charge is -2.30. The van der Waals surface area contributed by atoms with Crippen molar-refractivity contribution in [2.24, 2.45) is 0 Å². The Hall–Kier alpha value is -2.00. The SMILES string of the molecule is COc1cc(CN2CCC2)ccc1OCc1ccccc1. The van der Waals surface area contributed by atoms with Gasteiger partial charge in [0.25, 0.3) is 0 Å². The normalized spacial score (nSPS) is 14.5. The monoisotopic (exact) mass is 283 g/mol. The van der Waals surface area contributed by atoms with Gasteiger partial charge in [-0.1, -0.05) is 36.4 Å². The fourth-order valence-corrected chi connectivity index (χ4v) is 2.46. The average molecular weight is 283 g/mol. The molecule has 3 nitrogen and oxygen atoms in total. The number of methoxy groups -OCH3 is 1. The van der Waals surface area contributed by atoms with Gasteiger partial charge < -0.3 is 9.47 Å². The van der Waals surface area contributed by atoms with E-state index < -0.39 is 0 Å². The van der Waals surface area contributed by atoms with Crippen molar-refractivity contribution in [1.29, 1.82) is 0 Å². The van der Waals surface area contributed by atoms with Gasteiger partial charge in [-0.05, 0) is 42.8 Å². The molecule has 0 aromatic heterocycles. The van der Waals surface area contributed by atoms with E-state index in [2.05, 4.69) is 29.2 Å². The van der Waals surface area contributed by atoms with Crippen LogP contribution in [0, 0.1) is 0 Å². The lowest BCUT2D eigenvalue weighted by Crippen LogP contribution is -2.36. The summed E-state index contributed by atoms with van der Waals surface area (Å²) < 4.78 is 11.3. The van der Waals surface area contributed by atoms with Crippen LogP contribution in [0.2, 0.25) is 0 Å². The summed E-state index contributed by atoms with van der Waals surface area (Å²) in [5, 5.41) is 0. The van der Waals surface area contributed by atoms with Crippen LogP contribution in [-0.2, 0) is 13.2 Å². The summed E-state index contributed by atoms with van der Waals surface area (Å²) in [7, 11) is 1.69. The molecule has 1 heterocycles. The topological polar surface area (TPSA) is 21.7 Å². The van der Waals surface area contributed by atoms with Crippen LogP contribution in [0.5, 0.6) is 11.5 Å². The van der Waals surface area contributed by atoms with E-state index in [4.69, 9.17) is 9.47 Å². The van der Waals surface area contributed by atoms with Crippen LogP contribution >= 0.6 is 0 Å². The van der Waals surface area contributed by atoms with Crippen molar-refractivity contribution in [1.82, 2.24) is 4.90 Å². The maximum Gasteiger partial charge on any atom is 0.161 e. The lowest BCUT2D eigenvalue weighted by atomic mass is 10.1. The Morgan fingerprint density at radius 2 is 1.76 bits per heavy atom. The smallest absolute Gasteiger partial charge is 0.161 e. The molecule has 0 saturated carbocycles. The standard InChI is InChI=1S/C18H21NO2/c1-20-18-12-16(13-19-10-5-11-19)8-9-17(18)21-14-15-6-3-2-4-7-15/h2-4,6-9,12H,5,10-11,13-14H2,1H3. The first kappa shape index (κ1) is 14.0. The third-order valence-electron chi connectivity index (χ3n) is 3.82. The van der Waals surface area contributed by atoms with E-state index in [1.807, 2.05) is 24.3 Å². The number of ether oxygens (including phenoxy) is 2. The Labute approximate surface area is 126 Å². The highest BCUT2D eigenvalue weighted by atomic mass is 16.5. The predicted molar refractivity (Wildman–Crippen MR) is 83.7 cm³/mol. The molecule has 0 aliphatic carbocycles. The van der Waals surface area contributed by atoms with Gasteiger partial charge >= 0.3 is 0 Å². The van der Waals surface area contributed by atoms with Gasteiger partial charge in [-0.2, -0.15) is 0 Å². The Balaban J connectivity index is 1.66. The minimum Gasteiger partial charge on any atom is -0.493 e. The van der Waals surface area contributed by atoms with Gasteiger partial charge in [0.1, 0.15) is 6.61 Å². The molecule has 0 N–H and O–H groups in total. The van der Waals surface area contributed by atoms with Crippen LogP contribution in [0.25, 0.3) is 0 Å². The van der Waals surface area contributed by atoms with E-state index in [9.17, 15) is 0 Å². The number of hydrogen-bond acceptors (Lipinski definition) is 3. The number of hydrogen-bond donors (Lipinski definition) is 0. The molecule has 2 aromatic rings. The fourth-order valence-electron chi connectivity index (χ4n) is 2.46. The van der Waals surface area contributed by atoms with Gasteiger partial charge in [-0.25, -0.2) is 0 Å². The Morgan fingerprint density at radius 1 is 0.952 bits per heavy atom. The summed E-state index contributed by atoms with van der Waals surface area (Å²) in [4.78, 5) is 2.43. The van der Waals surface area contributed by atoms with Crippen molar-refractivity contribution in [2.45, 2.75) is 19.6 Å². The molecule has 1 fully saturated rings. The van der Waals surface area contributed by atoms with Crippen LogP contribution in [0.1, 0.15) is 17.5 Å². The second kappa shape index (κ2) is 6.64. The quantitative estimate of drug-likeness (QED) is 0.810. The molecule has 110 valence electrons.